The van der Waals surface area contributed by atoms with Crippen molar-refractivity contribution < 1.29 is 19.4 Å². The SMILES string of the molecule is CN(C)C(=N)CC(=N)N.C[C@H](CCC(N)=O)[C@H]1CC[C@H]2[C@@H]3[C@H](O)C[C@@H]4C[C@H](OC(=O)NC(N)=NC(=N)N(C)C)CC[C@]4(C)[C@H]3CC[C@]12C.Cl. The molecule has 11 N–H and O–H groups in total. The molecule has 0 unspecified atom stereocenters. The van der Waals surface area contributed by atoms with E-state index in [1.54, 1.807) is 33.1 Å². The molecule has 0 aromatic heterocycles. The van der Waals surface area contributed by atoms with Crippen molar-refractivity contribution in [3.63, 3.8) is 0 Å². The highest BCUT2D eigenvalue weighted by atomic mass is 35.5. The van der Waals surface area contributed by atoms with Crippen LogP contribution in [0.25, 0.3) is 0 Å². The highest BCUT2D eigenvalue weighted by molar-refractivity contribution is 5.99. The highest BCUT2D eigenvalue weighted by Crippen LogP contribution is 2.68. The molecule has 2 amide bonds. The summed E-state index contributed by atoms with van der Waals surface area (Å²) in [5.41, 5.74) is 16.6. The number of amidine groups is 2. The molecule has 0 heterocycles. The Balaban J connectivity index is 0.000000733. The van der Waals surface area contributed by atoms with Crippen LogP contribution in [0.3, 0.4) is 0 Å². The normalized spacial score (nSPS) is 33.8. The molecule has 0 aromatic rings. The van der Waals surface area contributed by atoms with Gasteiger partial charge in [-0.2, -0.15) is 4.99 Å². The van der Waals surface area contributed by atoms with Gasteiger partial charge in [0.05, 0.1) is 18.4 Å². The molecule has 49 heavy (non-hydrogen) atoms. The number of guanidine groups is 2. The van der Waals surface area contributed by atoms with Crippen molar-refractivity contribution in [3.05, 3.63) is 0 Å². The third kappa shape index (κ3) is 9.99. The number of alkyl carbamates (subject to hydrolysis) is 1. The molecule has 0 aromatic carbocycles. The fourth-order valence-corrected chi connectivity index (χ4v) is 9.70. The predicted octanol–water partition coefficient (Wildman–Crippen LogP) is 3.70. The van der Waals surface area contributed by atoms with Crippen LogP contribution in [0.4, 0.5) is 4.79 Å². The van der Waals surface area contributed by atoms with E-state index in [1.807, 2.05) is 0 Å². The summed E-state index contributed by atoms with van der Waals surface area (Å²) in [4.78, 5) is 30.8. The second-order valence-electron chi connectivity index (χ2n) is 15.7. The smallest absolute Gasteiger partial charge is 0.414 e. The number of aliphatic hydroxyl groups excluding tert-OH is 1. The van der Waals surface area contributed by atoms with Gasteiger partial charge in [0.15, 0.2) is 0 Å². The predicted molar refractivity (Wildman–Crippen MR) is 196 cm³/mol. The lowest BCUT2D eigenvalue weighted by Gasteiger charge is -2.62. The molecule has 0 spiro atoms. The molecular weight excluding hydrogens is 648 g/mol. The van der Waals surface area contributed by atoms with Crippen molar-refractivity contribution in [3.8, 4) is 0 Å². The van der Waals surface area contributed by atoms with Gasteiger partial charge in [0, 0.05) is 34.6 Å². The topological polar surface area (TPSA) is 244 Å². The maximum atomic E-state index is 12.5. The van der Waals surface area contributed by atoms with Crippen molar-refractivity contribution in [2.75, 3.05) is 28.2 Å². The largest absolute Gasteiger partial charge is 0.446 e. The maximum absolute atomic E-state index is 12.5. The molecule has 280 valence electrons. The van der Waals surface area contributed by atoms with Gasteiger partial charge in [-0.1, -0.05) is 20.8 Å². The van der Waals surface area contributed by atoms with Crippen LogP contribution in [-0.2, 0) is 9.53 Å². The maximum Gasteiger partial charge on any atom is 0.414 e. The zero-order chi connectivity index (χ0) is 36.1. The summed E-state index contributed by atoms with van der Waals surface area (Å²) in [6, 6.07) is 0. The van der Waals surface area contributed by atoms with Gasteiger partial charge in [-0.3, -0.25) is 26.3 Å². The number of aliphatic hydroxyl groups is 1. The van der Waals surface area contributed by atoms with E-state index in [-0.39, 0.29) is 65.5 Å². The molecule has 4 fully saturated rings. The zero-order valence-electron chi connectivity index (χ0n) is 30.6. The van der Waals surface area contributed by atoms with E-state index in [9.17, 15) is 14.7 Å². The minimum atomic E-state index is -0.651. The summed E-state index contributed by atoms with van der Waals surface area (Å²) in [5.74, 6) is 2.56. The summed E-state index contributed by atoms with van der Waals surface area (Å²) >= 11 is 0. The van der Waals surface area contributed by atoms with E-state index in [0.717, 1.165) is 44.9 Å². The number of carbonyl (C=O) groups is 2. The second kappa shape index (κ2) is 17.2. The lowest BCUT2D eigenvalue weighted by atomic mass is 9.43. The number of fused-ring (bicyclic) bond motifs is 5. The van der Waals surface area contributed by atoms with Crippen molar-refractivity contribution >= 4 is 48.0 Å². The van der Waals surface area contributed by atoms with Gasteiger partial charge in [-0.15, -0.1) is 12.4 Å². The number of halogens is 1. The quantitative estimate of drug-likeness (QED) is 0.143. The standard InChI is InChI=1S/C29H50N6O4.C5H12N4.ClH/c1-16(6-9-23(30)37)19-7-8-20-24-21(11-13-29(19,20)3)28(2)12-10-18(14-17(28)15-22(24)36)39-27(38)34-25(31)33-26(32)35(4)5;1-9(2)5(8)3-4(6)7;/h16-22,24,36H,6-15H2,1-5H3,(H2,30,37)(H4,31,32,33,34,38);8H,3H2,1-2H3,(H3,6,7);1H/t16-,17+,18-,19-,20+,21+,22-,24+,28+,29-;;/m1../s1. The van der Waals surface area contributed by atoms with Crippen molar-refractivity contribution in [2.24, 2.45) is 68.5 Å². The summed E-state index contributed by atoms with van der Waals surface area (Å²) < 4.78 is 5.73. The first-order valence-corrected chi connectivity index (χ1v) is 17.4. The Bertz CT molecular complexity index is 1250. The lowest BCUT2D eigenvalue weighted by molar-refractivity contribution is -0.174. The molecular formula is C34H63ClN10O4. The van der Waals surface area contributed by atoms with E-state index >= 15 is 0 Å². The van der Waals surface area contributed by atoms with Gasteiger partial charge in [-0.25, -0.2) is 4.79 Å². The van der Waals surface area contributed by atoms with Crippen molar-refractivity contribution in [1.82, 2.24) is 15.1 Å². The number of primary amides is 1. The number of hydrogen-bond donors (Lipinski definition) is 8. The molecule has 0 radical (unpaired) electrons. The first-order chi connectivity index (χ1) is 22.3. The van der Waals surface area contributed by atoms with Gasteiger partial charge >= 0.3 is 6.09 Å². The molecule has 4 saturated carbocycles. The van der Waals surface area contributed by atoms with Crippen LogP contribution >= 0.6 is 12.4 Å². The minimum absolute atomic E-state index is 0. The fourth-order valence-electron chi connectivity index (χ4n) is 9.70. The number of nitrogens with one attached hydrogen (secondary N) is 4. The van der Waals surface area contributed by atoms with E-state index < -0.39 is 6.09 Å². The van der Waals surface area contributed by atoms with E-state index in [2.05, 4.69) is 31.1 Å². The number of ether oxygens (including phenoxy) is 1. The Morgan fingerprint density at radius 3 is 2.12 bits per heavy atom. The number of amides is 2. The van der Waals surface area contributed by atoms with Crippen LogP contribution in [0.2, 0.25) is 0 Å². The summed E-state index contributed by atoms with van der Waals surface area (Å²) in [6.07, 6.45) is 8.18. The number of rotatable bonds is 7. The number of nitrogens with zero attached hydrogens (tertiary/aromatic N) is 3. The lowest BCUT2D eigenvalue weighted by Crippen LogP contribution is -2.59. The fraction of sp³-hybridized carbons (Fsp3) is 0.824. The molecule has 4 aliphatic rings. The van der Waals surface area contributed by atoms with Crippen molar-refractivity contribution in [2.45, 2.75) is 104 Å². The number of hydrogen-bond acceptors (Lipinski definition) is 7. The molecule has 0 saturated heterocycles. The summed E-state index contributed by atoms with van der Waals surface area (Å²) in [5, 5.41) is 35.8. The van der Waals surface area contributed by atoms with Crippen LogP contribution in [0, 0.1) is 62.6 Å². The third-order valence-corrected chi connectivity index (χ3v) is 12.3. The van der Waals surface area contributed by atoms with Gasteiger partial charge < -0.3 is 36.8 Å². The van der Waals surface area contributed by atoms with E-state index in [1.165, 1.54) is 17.7 Å². The third-order valence-electron chi connectivity index (χ3n) is 12.3. The van der Waals surface area contributed by atoms with Gasteiger partial charge in [-0.05, 0) is 104 Å². The molecule has 0 bridgehead atoms. The zero-order valence-corrected chi connectivity index (χ0v) is 31.4. The highest BCUT2D eigenvalue weighted by Gasteiger charge is 2.63. The van der Waals surface area contributed by atoms with Gasteiger partial charge in [0.1, 0.15) is 11.9 Å². The average molecular weight is 711 g/mol. The van der Waals surface area contributed by atoms with Crippen LogP contribution in [-0.4, -0.2) is 90.9 Å². The summed E-state index contributed by atoms with van der Waals surface area (Å²) in [6.45, 7) is 7.15. The Morgan fingerprint density at radius 2 is 1.57 bits per heavy atom. The van der Waals surface area contributed by atoms with Crippen LogP contribution in [0.5, 0.6) is 0 Å². The number of nitrogens with two attached hydrogens (primary N) is 3. The Labute approximate surface area is 298 Å². The molecule has 0 aliphatic heterocycles. The van der Waals surface area contributed by atoms with Crippen molar-refractivity contribution in [1.29, 1.82) is 16.2 Å². The van der Waals surface area contributed by atoms with Crippen LogP contribution in [0.15, 0.2) is 4.99 Å². The van der Waals surface area contributed by atoms with E-state index in [0.29, 0.717) is 47.8 Å². The second-order valence-corrected chi connectivity index (χ2v) is 15.7. The molecule has 4 aliphatic carbocycles. The molecule has 10 atom stereocenters. The minimum Gasteiger partial charge on any atom is -0.446 e. The number of aliphatic imine (C=N–C) groups is 1. The molecule has 14 nitrogen and oxygen atoms in total. The van der Waals surface area contributed by atoms with Crippen LogP contribution in [0.1, 0.15) is 91.4 Å². The van der Waals surface area contributed by atoms with Gasteiger partial charge in [0.25, 0.3) is 0 Å². The Hall–Kier alpha value is -3.13. The number of carbonyl (C=O) groups excluding carboxylic acids is 2. The first-order valence-electron chi connectivity index (χ1n) is 17.4. The van der Waals surface area contributed by atoms with Crippen LogP contribution < -0.4 is 22.5 Å². The Kier molecular flexibility index (Phi) is 14.8. The Morgan fingerprint density at radius 1 is 0.959 bits per heavy atom. The van der Waals surface area contributed by atoms with Gasteiger partial charge in [0.2, 0.25) is 17.8 Å². The monoisotopic (exact) mass is 710 g/mol. The summed E-state index contributed by atoms with van der Waals surface area (Å²) in [7, 11) is 6.85. The average Bonchev–Trinajstić information content (AvgIpc) is 3.33. The molecule has 15 heteroatoms. The van der Waals surface area contributed by atoms with E-state index in [4.69, 9.17) is 38.2 Å². The first kappa shape index (κ1) is 42.0. The molecule has 4 rings (SSSR count).